The number of ketones is 1. The number of benzene rings is 2. The lowest BCUT2D eigenvalue weighted by atomic mass is 10.1. The standard InChI is InChI=1S/C18H14N3O3.BrH/c22-18(15-6-8-16(9-7-15)21(23)24)12-20-11-10-17(19-13-20)14-4-2-1-3-5-14;/h1-11,13H,12H2;1H/q+1;. The molecule has 0 amide bonds. The predicted molar refractivity (Wildman–Crippen MR) is 97.6 cm³/mol. The second kappa shape index (κ2) is 8.25. The largest absolute Gasteiger partial charge is 0.290 e. The third-order valence-corrected chi connectivity index (χ3v) is 3.56. The molecule has 0 atom stereocenters. The van der Waals surface area contributed by atoms with Crippen LogP contribution in [0.3, 0.4) is 0 Å². The van der Waals surface area contributed by atoms with Crippen LogP contribution < -0.4 is 4.57 Å². The van der Waals surface area contributed by atoms with Crippen LogP contribution in [-0.2, 0) is 6.54 Å². The van der Waals surface area contributed by atoms with Crippen LogP contribution in [0, 0.1) is 10.1 Å². The first kappa shape index (κ1) is 18.4. The van der Waals surface area contributed by atoms with Gasteiger partial charge in [-0.3, -0.25) is 14.9 Å². The minimum Gasteiger partial charge on any atom is -0.290 e. The van der Waals surface area contributed by atoms with E-state index in [-0.39, 0.29) is 35.0 Å². The van der Waals surface area contributed by atoms with Gasteiger partial charge in [0.2, 0.25) is 5.78 Å². The van der Waals surface area contributed by atoms with Crippen molar-refractivity contribution >= 4 is 28.5 Å². The monoisotopic (exact) mass is 400 g/mol. The smallest absolute Gasteiger partial charge is 0.287 e. The Hall–Kier alpha value is -2.93. The van der Waals surface area contributed by atoms with Gasteiger partial charge in [-0.1, -0.05) is 30.3 Å². The number of carbonyl (C=O) groups is 1. The number of aromatic nitrogens is 2. The zero-order valence-corrected chi connectivity index (χ0v) is 14.8. The highest BCUT2D eigenvalue weighted by atomic mass is 79.9. The fourth-order valence-electron chi connectivity index (χ4n) is 2.28. The molecule has 1 aromatic heterocycles. The molecule has 0 saturated carbocycles. The fourth-order valence-corrected chi connectivity index (χ4v) is 2.28. The van der Waals surface area contributed by atoms with Gasteiger partial charge in [-0.05, 0) is 17.1 Å². The minimum atomic E-state index is -0.491. The number of carbonyl (C=O) groups excluding carboxylic acids is 1. The second-order valence-electron chi connectivity index (χ2n) is 5.21. The van der Waals surface area contributed by atoms with Gasteiger partial charge in [0.15, 0.2) is 12.2 Å². The van der Waals surface area contributed by atoms with Crippen molar-refractivity contribution in [3.63, 3.8) is 0 Å². The zero-order valence-electron chi connectivity index (χ0n) is 13.1. The number of halogens is 1. The maximum absolute atomic E-state index is 12.2. The van der Waals surface area contributed by atoms with Gasteiger partial charge in [0.1, 0.15) is 0 Å². The lowest BCUT2D eigenvalue weighted by Gasteiger charge is -2.01. The lowest BCUT2D eigenvalue weighted by Crippen LogP contribution is -2.37. The van der Waals surface area contributed by atoms with Crippen LogP contribution in [0.1, 0.15) is 10.4 Å². The summed E-state index contributed by atoms with van der Waals surface area (Å²) < 4.78 is 1.68. The molecule has 3 rings (SSSR count). The molecule has 0 aliphatic heterocycles. The Morgan fingerprint density at radius 3 is 2.28 bits per heavy atom. The second-order valence-corrected chi connectivity index (χ2v) is 5.21. The average molecular weight is 401 g/mol. The van der Waals surface area contributed by atoms with Crippen molar-refractivity contribution < 1.29 is 14.3 Å². The molecule has 1 heterocycles. The molecule has 7 heteroatoms. The van der Waals surface area contributed by atoms with Crippen molar-refractivity contribution in [1.29, 1.82) is 0 Å². The first-order valence-electron chi connectivity index (χ1n) is 7.31. The molecule has 0 saturated heterocycles. The molecule has 0 radical (unpaired) electrons. The first-order valence-corrected chi connectivity index (χ1v) is 7.31. The summed E-state index contributed by atoms with van der Waals surface area (Å²) in [6.07, 6.45) is 3.39. The van der Waals surface area contributed by atoms with E-state index in [2.05, 4.69) is 4.98 Å². The van der Waals surface area contributed by atoms with Gasteiger partial charge in [0.25, 0.3) is 12.0 Å². The molecule has 2 aromatic carbocycles. The topological polar surface area (TPSA) is 77.0 Å². The van der Waals surface area contributed by atoms with Crippen molar-refractivity contribution in [2.75, 3.05) is 0 Å². The van der Waals surface area contributed by atoms with E-state index >= 15 is 0 Å². The number of hydrogen-bond donors (Lipinski definition) is 0. The highest BCUT2D eigenvalue weighted by Crippen LogP contribution is 2.14. The Kier molecular flexibility index (Phi) is 6.08. The minimum absolute atomic E-state index is 0. The van der Waals surface area contributed by atoms with Crippen molar-refractivity contribution in [1.82, 2.24) is 4.98 Å². The Labute approximate surface area is 154 Å². The van der Waals surface area contributed by atoms with Crippen LogP contribution in [-0.4, -0.2) is 15.7 Å². The van der Waals surface area contributed by atoms with E-state index < -0.39 is 4.92 Å². The lowest BCUT2D eigenvalue weighted by molar-refractivity contribution is -0.686. The molecule has 6 nitrogen and oxygen atoms in total. The molecule has 0 N–H and O–H groups in total. The number of hydrogen-bond acceptors (Lipinski definition) is 4. The van der Waals surface area contributed by atoms with Gasteiger partial charge in [0, 0.05) is 29.3 Å². The molecule has 126 valence electrons. The molecular formula is C18H15BrN3O3+. The van der Waals surface area contributed by atoms with E-state index in [9.17, 15) is 14.9 Å². The Bertz CT molecular complexity index is 866. The van der Waals surface area contributed by atoms with Crippen LogP contribution in [0.5, 0.6) is 0 Å². The number of Topliss-reactive ketones (excluding diaryl/α,β-unsaturated/α-hetero) is 1. The van der Waals surface area contributed by atoms with E-state index in [1.165, 1.54) is 24.3 Å². The van der Waals surface area contributed by atoms with E-state index in [4.69, 9.17) is 0 Å². The van der Waals surface area contributed by atoms with Gasteiger partial charge in [-0.2, -0.15) is 0 Å². The quantitative estimate of drug-likeness (QED) is 0.284. The highest BCUT2D eigenvalue weighted by molar-refractivity contribution is 8.93. The molecule has 0 aliphatic carbocycles. The van der Waals surface area contributed by atoms with E-state index in [0.717, 1.165) is 11.3 Å². The summed E-state index contributed by atoms with van der Waals surface area (Å²) in [4.78, 5) is 26.7. The van der Waals surface area contributed by atoms with Gasteiger partial charge in [-0.15, -0.1) is 17.0 Å². The zero-order chi connectivity index (χ0) is 16.9. The molecule has 0 bridgehead atoms. The van der Waals surface area contributed by atoms with Crippen molar-refractivity contribution in [3.05, 3.63) is 88.9 Å². The number of nitrogens with zero attached hydrogens (tertiary/aromatic N) is 3. The summed E-state index contributed by atoms with van der Waals surface area (Å²) in [6, 6.07) is 17.2. The van der Waals surface area contributed by atoms with Gasteiger partial charge in [-0.25, -0.2) is 4.57 Å². The van der Waals surface area contributed by atoms with Crippen LogP contribution in [0.2, 0.25) is 0 Å². The fraction of sp³-hybridized carbons (Fsp3) is 0.0556. The Morgan fingerprint density at radius 2 is 1.72 bits per heavy atom. The maximum Gasteiger partial charge on any atom is 0.287 e. The molecule has 0 unspecified atom stereocenters. The van der Waals surface area contributed by atoms with Gasteiger partial charge < -0.3 is 0 Å². The third-order valence-electron chi connectivity index (χ3n) is 3.56. The van der Waals surface area contributed by atoms with Gasteiger partial charge in [0.05, 0.1) is 11.1 Å². The Morgan fingerprint density at radius 1 is 1.04 bits per heavy atom. The number of nitro groups is 1. The van der Waals surface area contributed by atoms with E-state index in [0.29, 0.717) is 5.56 Å². The van der Waals surface area contributed by atoms with Crippen LogP contribution in [0.4, 0.5) is 5.69 Å². The van der Waals surface area contributed by atoms with Crippen molar-refractivity contribution in [2.45, 2.75) is 6.54 Å². The average Bonchev–Trinajstić information content (AvgIpc) is 2.63. The summed E-state index contributed by atoms with van der Waals surface area (Å²) in [7, 11) is 0. The summed E-state index contributed by atoms with van der Waals surface area (Å²) in [5, 5.41) is 10.6. The maximum atomic E-state index is 12.2. The summed E-state index contributed by atoms with van der Waals surface area (Å²) in [5.74, 6) is -0.135. The van der Waals surface area contributed by atoms with Crippen LogP contribution in [0.15, 0.2) is 73.2 Å². The molecule has 0 spiro atoms. The SMILES string of the molecule is Br.O=C(C[n+]1ccc(-c2ccccc2)nc1)c1ccc([N+](=O)[O-])cc1. The number of nitro benzene ring substituents is 1. The first-order chi connectivity index (χ1) is 11.6. The highest BCUT2D eigenvalue weighted by Gasteiger charge is 2.13. The molecular weight excluding hydrogens is 386 g/mol. The molecule has 0 fully saturated rings. The van der Waals surface area contributed by atoms with Crippen molar-refractivity contribution in [2.24, 2.45) is 0 Å². The van der Waals surface area contributed by atoms with E-state index in [1.54, 1.807) is 17.1 Å². The normalized spacial score (nSPS) is 9.92. The van der Waals surface area contributed by atoms with Crippen LogP contribution in [0.25, 0.3) is 11.3 Å². The number of non-ortho nitro benzene ring substituents is 1. The summed E-state index contributed by atoms with van der Waals surface area (Å²) >= 11 is 0. The summed E-state index contributed by atoms with van der Waals surface area (Å²) in [6.45, 7) is 0.125. The van der Waals surface area contributed by atoms with Gasteiger partial charge >= 0.3 is 0 Å². The van der Waals surface area contributed by atoms with Crippen molar-refractivity contribution in [3.8, 4) is 11.3 Å². The third kappa shape index (κ3) is 4.54. The predicted octanol–water partition coefficient (Wildman–Crippen LogP) is 3.41. The van der Waals surface area contributed by atoms with E-state index in [1.807, 2.05) is 36.4 Å². The number of rotatable bonds is 5. The molecule has 0 aliphatic rings. The Balaban J connectivity index is 0.00000225. The summed E-state index contributed by atoms with van der Waals surface area (Å²) in [5.41, 5.74) is 2.23. The van der Waals surface area contributed by atoms with Crippen LogP contribution >= 0.6 is 17.0 Å². The molecule has 3 aromatic rings. The molecule has 25 heavy (non-hydrogen) atoms.